The van der Waals surface area contributed by atoms with Crippen molar-refractivity contribution in [1.29, 1.82) is 0 Å². The topological polar surface area (TPSA) is 0 Å². The van der Waals surface area contributed by atoms with Crippen LogP contribution in [0, 0.1) is 22.7 Å². The van der Waals surface area contributed by atoms with Gasteiger partial charge in [-0.3, -0.25) is 0 Å². The largest absolute Gasteiger partial charge is 0.150 e. The molecule has 0 bridgehead atoms. The van der Waals surface area contributed by atoms with E-state index >= 15 is 0 Å². The van der Waals surface area contributed by atoms with Crippen molar-refractivity contribution in [2.75, 3.05) is 0 Å². The van der Waals surface area contributed by atoms with Crippen molar-refractivity contribution in [2.24, 2.45) is 22.7 Å². The summed E-state index contributed by atoms with van der Waals surface area (Å²) in [5, 5.41) is 1.65. The maximum absolute atomic E-state index is 2.56. The van der Waals surface area contributed by atoms with Gasteiger partial charge < -0.3 is 0 Å². The quantitative estimate of drug-likeness (QED) is 0.612. The van der Waals surface area contributed by atoms with E-state index in [1.807, 2.05) is 0 Å². The normalized spacial score (nSPS) is 51.0. The van der Waals surface area contributed by atoms with Crippen LogP contribution >= 0.6 is 11.8 Å². The molecule has 0 spiro atoms. The lowest BCUT2D eigenvalue weighted by Gasteiger charge is -2.51. The number of hydrogen-bond acceptors (Lipinski definition) is 1. The molecule has 0 amide bonds. The summed E-state index contributed by atoms with van der Waals surface area (Å²) < 4.78 is 0. The van der Waals surface area contributed by atoms with Gasteiger partial charge in [0.2, 0.25) is 0 Å². The first-order valence-corrected chi connectivity index (χ1v) is 9.40. The second-order valence-electron chi connectivity index (χ2n) is 7.86. The molecule has 1 aliphatic heterocycles. The monoisotopic (exact) mass is 298 g/mol. The van der Waals surface area contributed by atoms with Gasteiger partial charge in [-0.2, -0.15) is 11.8 Å². The van der Waals surface area contributed by atoms with Crippen molar-refractivity contribution in [3.8, 4) is 0 Å². The van der Waals surface area contributed by atoms with E-state index in [2.05, 4.69) is 74.2 Å². The predicted octanol–water partition coefficient (Wildman–Crippen LogP) is 5.54. The van der Waals surface area contributed by atoms with Crippen molar-refractivity contribution in [3.63, 3.8) is 0 Å². The molecule has 1 heteroatoms. The third-order valence-electron chi connectivity index (χ3n) is 6.73. The molecule has 6 unspecified atom stereocenters. The van der Waals surface area contributed by atoms with E-state index < -0.39 is 0 Å². The van der Waals surface area contributed by atoms with Gasteiger partial charge in [-0.25, -0.2) is 0 Å². The zero-order valence-electron chi connectivity index (χ0n) is 13.2. The number of rotatable bonds is 1. The Hall–Kier alpha value is -0.690. The van der Waals surface area contributed by atoms with Crippen LogP contribution in [-0.4, -0.2) is 10.5 Å². The summed E-state index contributed by atoms with van der Waals surface area (Å²) in [4.78, 5) is 0. The number of fused-ring (bicyclic) bond motifs is 3. The summed E-state index contributed by atoms with van der Waals surface area (Å²) in [5.41, 5.74) is 0.809. The third-order valence-corrected chi connectivity index (χ3v) is 8.45. The first-order chi connectivity index (χ1) is 10.1. The smallest absolute Gasteiger partial charge is 0.0298 e. The molecule has 0 radical (unpaired) electrons. The van der Waals surface area contributed by atoms with Crippen molar-refractivity contribution in [1.82, 2.24) is 0 Å². The summed E-state index contributed by atoms with van der Waals surface area (Å²) in [6.45, 7) is 5.05. The van der Waals surface area contributed by atoms with E-state index in [4.69, 9.17) is 0 Å². The summed E-state index contributed by atoms with van der Waals surface area (Å²) >= 11 is 2.25. The lowest BCUT2D eigenvalue weighted by Crippen LogP contribution is -2.44. The standard InChI is InChI=1S/C20H26S/c1-19(11-6-3-7-12-19)20(2)13-10-18-16(14-20)15-8-4-5-9-17(15)21-18/h3-9,11,15-18H,10,12-14H2,1-2H3. The number of allylic oxidation sites excluding steroid dienone is 7. The summed E-state index contributed by atoms with van der Waals surface area (Å²) in [6.07, 6.45) is 24.2. The van der Waals surface area contributed by atoms with Crippen LogP contribution in [0.2, 0.25) is 0 Å². The molecule has 1 saturated heterocycles. The minimum Gasteiger partial charge on any atom is -0.150 e. The van der Waals surface area contributed by atoms with Gasteiger partial charge in [0.1, 0.15) is 0 Å². The van der Waals surface area contributed by atoms with E-state index in [0.717, 1.165) is 22.3 Å². The molecule has 0 aromatic carbocycles. The van der Waals surface area contributed by atoms with Crippen LogP contribution in [0.5, 0.6) is 0 Å². The Bertz CT molecular complexity index is 540. The highest BCUT2D eigenvalue weighted by atomic mass is 32.2. The Kier molecular flexibility index (Phi) is 3.26. The van der Waals surface area contributed by atoms with Gasteiger partial charge >= 0.3 is 0 Å². The van der Waals surface area contributed by atoms with Gasteiger partial charge in [-0.05, 0) is 48.3 Å². The first kappa shape index (κ1) is 13.9. The first-order valence-electron chi connectivity index (χ1n) is 8.46. The highest BCUT2D eigenvalue weighted by Gasteiger charge is 2.53. The SMILES string of the molecule is CC1(C2(C)CCC3SC4C=CC=CC4C3C2)C=CC=CC1. The fraction of sp³-hybridized carbons (Fsp3) is 0.600. The Morgan fingerprint density at radius 2 is 1.90 bits per heavy atom. The Labute approximate surface area is 133 Å². The fourth-order valence-corrected chi connectivity index (χ4v) is 6.80. The minimum atomic E-state index is 0.351. The Morgan fingerprint density at radius 1 is 1.05 bits per heavy atom. The average Bonchev–Trinajstić information content (AvgIpc) is 2.86. The van der Waals surface area contributed by atoms with Gasteiger partial charge in [0.15, 0.2) is 0 Å². The van der Waals surface area contributed by atoms with Crippen LogP contribution in [0.3, 0.4) is 0 Å². The van der Waals surface area contributed by atoms with Crippen molar-refractivity contribution >= 4 is 11.8 Å². The molecule has 1 saturated carbocycles. The highest BCUT2D eigenvalue weighted by molar-refractivity contribution is 8.01. The molecule has 21 heavy (non-hydrogen) atoms. The second-order valence-corrected chi connectivity index (χ2v) is 9.28. The molecular formula is C20H26S. The molecule has 0 aromatic heterocycles. The van der Waals surface area contributed by atoms with Crippen LogP contribution < -0.4 is 0 Å². The number of thioether (sulfide) groups is 1. The van der Waals surface area contributed by atoms with Crippen molar-refractivity contribution in [3.05, 3.63) is 48.6 Å². The van der Waals surface area contributed by atoms with Crippen LogP contribution in [-0.2, 0) is 0 Å². The highest BCUT2D eigenvalue weighted by Crippen LogP contribution is 2.61. The van der Waals surface area contributed by atoms with Gasteiger partial charge in [0, 0.05) is 10.5 Å². The predicted molar refractivity (Wildman–Crippen MR) is 93.4 cm³/mol. The van der Waals surface area contributed by atoms with E-state index in [-0.39, 0.29) is 0 Å². The molecule has 2 fully saturated rings. The lowest BCUT2D eigenvalue weighted by molar-refractivity contribution is 0.0381. The lowest BCUT2D eigenvalue weighted by atomic mass is 9.53. The molecule has 1 heterocycles. The second kappa shape index (κ2) is 4.91. The maximum atomic E-state index is 2.56. The van der Waals surface area contributed by atoms with E-state index in [1.54, 1.807) is 0 Å². The Balaban J connectivity index is 1.60. The van der Waals surface area contributed by atoms with Gasteiger partial charge in [0.05, 0.1) is 0 Å². The Morgan fingerprint density at radius 3 is 2.71 bits per heavy atom. The molecule has 0 aromatic rings. The molecule has 0 nitrogen and oxygen atoms in total. The zero-order valence-corrected chi connectivity index (χ0v) is 14.0. The molecular weight excluding hydrogens is 272 g/mol. The van der Waals surface area contributed by atoms with Crippen LogP contribution in [0.1, 0.15) is 39.5 Å². The zero-order chi connectivity index (χ0) is 14.5. The van der Waals surface area contributed by atoms with Crippen LogP contribution in [0.15, 0.2) is 48.6 Å². The molecule has 0 N–H and O–H groups in total. The van der Waals surface area contributed by atoms with Gasteiger partial charge in [-0.15, -0.1) is 0 Å². The third kappa shape index (κ3) is 2.11. The van der Waals surface area contributed by atoms with E-state index in [1.165, 1.54) is 25.7 Å². The molecule has 4 aliphatic rings. The summed E-state index contributed by atoms with van der Waals surface area (Å²) in [6, 6.07) is 0. The molecule has 6 atom stereocenters. The molecule has 3 aliphatic carbocycles. The average molecular weight is 298 g/mol. The van der Waals surface area contributed by atoms with Crippen LogP contribution in [0.25, 0.3) is 0 Å². The van der Waals surface area contributed by atoms with Crippen molar-refractivity contribution < 1.29 is 0 Å². The number of hydrogen-bond donors (Lipinski definition) is 0. The summed E-state index contributed by atoms with van der Waals surface area (Å²) in [7, 11) is 0. The fourth-order valence-electron chi connectivity index (χ4n) is 5.00. The van der Waals surface area contributed by atoms with E-state index in [0.29, 0.717) is 10.8 Å². The van der Waals surface area contributed by atoms with Gasteiger partial charge in [0.25, 0.3) is 0 Å². The van der Waals surface area contributed by atoms with E-state index in [9.17, 15) is 0 Å². The molecule has 112 valence electrons. The van der Waals surface area contributed by atoms with Crippen molar-refractivity contribution in [2.45, 2.75) is 50.0 Å². The maximum Gasteiger partial charge on any atom is 0.0298 e. The molecule has 4 rings (SSSR count). The van der Waals surface area contributed by atoms with Gasteiger partial charge in [-0.1, -0.05) is 62.5 Å². The minimum absolute atomic E-state index is 0.351. The summed E-state index contributed by atoms with van der Waals surface area (Å²) in [5.74, 6) is 1.67. The van der Waals surface area contributed by atoms with Crippen LogP contribution in [0.4, 0.5) is 0 Å².